The van der Waals surface area contributed by atoms with Crippen LogP contribution in [0.3, 0.4) is 0 Å². The molecular weight excluding hydrogens is 334 g/mol. The van der Waals surface area contributed by atoms with Gasteiger partial charge in [0, 0.05) is 27.5 Å². The van der Waals surface area contributed by atoms with Crippen molar-refractivity contribution in [3.05, 3.63) is 75.8 Å². The molecule has 0 aliphatic heterocycles. The molecule has 0 N–H and O–H groups in total. The van der Waals surface area contributed by atoms with Gasteiger partial charge in [-0.05, 0) is 40.2 Å². The number of aromatic nitrogens is 1. The lowest BCUT2D eigenvalue weighted by Gasteiger charge is -2.31. The second-order valence-corrected chi connectivity index (χ2v) is 7.63. The Labute approximate surface area is 160 Å². The summed E-state index contributed by atoms with van der Waals surface area (Å²) in [5.41, 5.74) is 2.48. The zero-order chi connectivity index (χ0) is 19.8. The fourth-order valence-corrected chi connectivity index (χ4v) is 4.19. The van der Waals surface area contributed by atoms with Gasteiger partial charge in [-0.2, -0.15) is 0 Å². The lowest BCUT2D eigenvalue weighted by atomic mass is 9.94. The number of nitrogens with zero attached hydrogens (tertiary/aromatic N) is 1. The number of carbonyl (C=O) groups is 1. The monoisotopic (exact) mass is 361 g/mol. The molecule has 0 spiro atoms. The normalized spacial score (nSPS) is 14.9. The van der Waals surface area contributed by atoms with Crippen molar-refractivity contribution in [2.45, 2.75) is 53.0 Å². The van der Waals surface area contributed by atoms with Gasteiger partial charge in [0.15, 0.2) is 5.78 Å². The van der Waals surface area contributed by atoms with Gasteiger partial charge in [0.25, 0.3) is 5.56 Å². The van der Waals surface area contributed by atoms with Crippen molar-refractivity contribution in [1.29, 1.82) is 0 Å². The first-order valence-corrected chi connectivity index (χ1v) is 9.62. The maximum Gasteiger partial charge on any atom is 0.259 e. The summed E-state index contributed by atoms with van der Waals surface area (Å²) in [5, 5.41) is 1.35. The summed E-state index contributed by atoms with van der Waals surface area (Å²) < 4.78 is 1.86. The highest BCUT2D eigenvalue weighted by Gasteiger charge is 2.36. The van der Waals surface area contributed by atoms with Crippen LogP contribution in [-0.2, 0) is 5.54 Å². The minimum Gasteiger partial charge on any atom is -0.301 e. The predicted octanol–water partition coefficient (Wildman–Crippen LogP) is 5.64. The Balaban J connectivity index is 2.57. The zero-order valence-electron chi connectivity index (χ0n) is 16.8. The minimum atomic E-state index is -0.390. The standard InChI is InChI=1S/C24H27NO2/c1-6-11-17-18(12-7-2)22(26)20-16-13-9-10-14-19(16)23(27)25(21(17)20)24(4,5)15-8-3/h6-7,9-14H,8,15H2,1-5H3/b11-6-,12-7-. The van der Waals surface area contributed by atoms with Crippen molar-refractivity contribution >= 4 is 22.1 Å². The Bertz CT molecular complexity index is 1060. The quantitative estimate of drug-likeness (QED) is 0.691. The number of Topliss-reactive ketones (excluding diaryl/α,β-unsaturated/α-hetero) is 1. The highest BCUT2D eigenvalue weighted by Crippen LogP contribution is 2.40. The van der Waals surface area contributed by atoms with Crippen LogP contribution in [0.2, 0.25) is 0 Å². The minimum absolute atomic E-state index is 0.00607. The molecule has 2 aromatic rings. The van der Waals surface area contributed by atoms with Crippen LogP contribution in [0.5, 0.6) is 0 Å². The van der Waals surface area contributed by atoms with E-state index < -0.39 is 5.54 Å². The van der Waals surface area contributed by atoms with Crippen LogP contribution < -0.4 is 5.56 Å². The van der Waals surface area contributed by atoms with Crippen molar-refractivity contribution in [2.24, 2.45) is 0 Å². The molecule has 0 saturated carbocycles. The highest BCUT2D eigenvalue weighted by atomic mass is 16.1. The number of hydrogen-bond donors (Lipinski definition) is 0. The van der Waals surface area contributed by atoms with E-state index in [-0.39, 0.29) is 11.3 Å². The second kappa shape index (κ2) is 7.15. The Morgan fingerprint density at radius 1 is 0.963 bits per heavy atom. The van der Waals surface area contributed by atoms with Crippen molar-refractivity contribution in [1.82, 2.24) is 4.57 Å². The fraction of sp³-hybridized carbons (Fsp3) is 0.333. The third-order valence-corrected chi connectivity index (χ3v) is 5.24. The summed E-state index contributed by atoms with van der Waals surface area (Å²) in [4.78, 5) is 26.9. The van der Waals surface area contributed by atoms with Gasteiger partial charge in [0.05, 0.1) is 11.3 Å². The smallest absolute Gasteiger partial charge is 0.259 e. The first kappa shape index (κ1) is 19.1. The van der Waals surface area contributed by atoms with E-state index in [1.165, 1.54) is 0 Å². The maximum absolute atomic E-state index is 13.5. The molecule has 3 heteroatoms. The molecular formula is C24H27NO2. The number of carbonyl (C=O) groups excluding carboxylic acids is 1. The van der Waals surface area contributed by atoms with Gasteiger partial charge in [-0.15, -0.1) is 0 Å². The van der Waals surface area contributed by atoms with Crippen molar-refractivity contribution in [3.63, 3.8) is 0 Å². The summed E-state index contributed by atoms with van der Waals surface area (Å²) in [5.74, 6) is -0.00607. The number of hydrogen-bond acceptors (Lipinski definition) is 2. The Hall–Kier alpha value is -2.68. The van der Waals surface area contributed by atoms with Crippen molar-refractivity contribution in [2.75, 3.05) is 0 Å². The molecule has 0 atom stereocenters. The average Bonchev–Trinajstić information content (AvgIpc) is 2.88. The van der Waals surface area contributed by atoms with Crippen LogP contribution in [-0.4, -0.2) is 10.4 Å². The second-order valence-electron chi connectivity index (χ2n) is 7.63. The molecule has 3 rings (SSSR count). The summed E-state index contributed by atoms with van der Waals surface area (Å²) >= 11 is 0. The summed E-state index contributed by atoms with van der Waals surface area (Å²) in [7, 11) is 0. The Kier molecular flexibility index (Phi) is 5.05. The molecule has 27 heavy (non-hydrogen) atoms. The maximum atomic E-state index is 13.5. The third-order valence-electron chi connectivity index (χ3n) is 5.24. The van der Waals surface area contributed by atoms with Crippen LogP contribution >= 0.6 is 0 Å². The topological polar surface area (TPSA) is 39.1 Å². The summed E-state index contributed by atoms with van der Waals surface area (Å²) in [6.45, 7) is 10.1. The van der Waals surface area contributed by atoms with Crippen LogP contribution in [0.4, 0.5) is 0 Å². The van der Waals surface area contributed by atoms with Gasteiger partial charge < -0.3 is 4.57 Å². The zero-order valence-corrected chi connectivity index (χ0v) is 16.8. The average molecular weight is 361 g/mol. The number of pyridine rings is 1. The third kappa shape index (κ3) is 2.91. The molecule has 1 heterocycles. The number of ketones is 1. The number of benzene rings is 1. The molecule has 0 bridgehead atoms. The van der Waals surface area contributed by atoms with E-state index in [0.717, 1.165) is 29.5 Å². The Morgan fingerprint density at radius 2 is 1.56 bits per heavy atom. The van der Waals surface area contributed by atoms with E-state index in [9.17, 15) is 9.59 Å². The van der Waals surface area contributed by atoms with E-state index in [0.29, 0.717) is 16.5 Å². The molecule has 1 aromatic carbocycles. The lowest BCUT2D eigenvalue weighted by molar-refractivity contribution is 0.104. The van der Waals surface area contributed by atoms with E-state index in [1.807, 2.05) is 67.0 Å². The van der Waals surface area contributed by atoms with Crippen molar-refractivity contribution in [3.8, 4) is 0 Å². The van der Waals surface area contributed by atoms with Gasteiger partial charge in [-0.1, -0.05) is 55.8 Å². The largest absolute Gasteiger partial charge is 0.301 e. The van der Waals surface area contributed by atoms with Crippen LogP contribution in [0.1, 0.15) is 63.5 Å². The van der Waals surface area contributed by atoms with Gasteiger partial charge in [-0.25, -0.2) is 0 Å². The fourth-order valence-electron chi connectivity index (χ4n) is 4.19. The van der Waals surface area contributed by atoms with Crippen LogP contribution in [0, 0.1) is 0 Å². The molecule has 1 aliphatic carbocycles. The molecule has 0 saturated heterocycles. The molecule has 3 nitrogen and oxygen atoms in total. The highest BCUT2D eigenvalue weighted by molar-refractivity contribution is 6.28. The van der Waals surface area contributed by atoms with Crippen LogP contribution in [0.25, 0.3) is 16.3 Å². The number of fused-ring (bicyclic) bond motifs is 3. The van der Waals surface area contributed by atoms with E-state index in [1.54, 1.807) is 0 Å². The predicted molar refractivity (Wildman–Crippen MR) is 113 cm³/mol. The SMILES string of the molecule is C/C=C\C1=C(/C=C\C)c2c(c3ccccc3c(=O)n2C(C)(C)CCC)C1=O. The molecule has 0 radical (unpaired) electrons. The van der Waals surface area contributed by atoms with E-state index in [4.69, 9.17) is 0 Å². The molecule has 140 valence electrons. The van der Waals surface area contributed by atoms with Gasteiger partial charge in [0.1, 0.15) is 0 Å². The number of rotatable bonds is 5. The first-order chi connectivity index (χ1) is 12.9. The summed E-state index contributed by atoms with van der Waals surface area (Å²) in [6, 6.07) is 7.46. The summed E-state index contributed by atoms with van der Waals surface area (Å²) in [6.07, 6.45) is 9.43. The molecule has 1 aliphatic rings. The van der Waals surface area contributed by atoms with Gasteiger partial charge in [-0.3, -0.25) is 9.59 Å². The van der Waals surface area contributed by atoms with Crippen molar-refractivity contribution < 1.29 is 4.79 Å². The molecule has 0 fully saturated rings. The molecule has 0 unspecified atom stereocenters. The van der Waals surface area contributed by atoms with E-state index in [2.05, 4.69) is 20.8 Å². The van der Waals surface area contributed by atoms with Crippen LogP contribution in [0.15, 0.2) is 58.9 Å². The van der Waals surface area contributed by atoms with Gasteiger partial charge >= 0.3 is 0 Å². The number of allylic oxidation sites excluding steroid dienone is 6. The molecule has 1 aromatic heterocycles. The Morgan fingerprint density at radius 3 is 2.15 bits per heavy atom. The molecule has 0 amide bonds. The van der Waals surface area contributed by atoms with E-state index >= 15 is 0 Å². The lowest BCUT2D eigenvalue weighted by Crippen LogP contribution is -2.38. The first-order valence-electron chi connectivity index (χ1n) is 9.62. The van der Waals surface area contributed by atoms with Gasteiger partial charge in [0.2, 0.25) is 0 Å².